The molecule has 2 aromatic heterocycles. The Morgan fingerprint density at radius 2 is 2.11 bits per heavy atom. The molecule has 0 saturated heterocycles. The van der Waals surface area contributed by atoms with E-state index >= 15 is 0 Å². The topological polar surface area (TPSA) is 38.5 Å². The fourth-order valence-electron chi connectivity index (χ4n) is 1.66. The van der Waals surface area contributed by atoms with Gasteiger partial charge in [-0.2, -0.15) is 8.78 Å². The van der Waals surface area contributed by atoms with Crippen molar-refractivity contribution in [1.29, 1.82) is 0 Å². The predicted molar refractivity (Wildman–Crippen MR) is 66.4 cm³/mol. The van der Waals surface area contributed by atoms with E-state index in [1.165, 1.54) is 12.3 Å². The highest BCUT2D eigenvalue weighted by Gasteiger charge is 2.08. The number of hydrogen-bond acceptors (Lipinski definition) is 4. The number of furan rings is 1. The molecule has 4 nitrogen and oxygen atoms in total. The number of hydrogen-bond donors (Lipinski definition) is 0. The number of halogens is 2. The first-order valence-electron chi connectivity index (χ1n) is 5.72. The third kappa shape index (κ3) is 3.67. The van der Waals surface area contributed by atoms with Crippen molar-refractivity contribution in [2.75, 3.05) is 11.9 Å². The fraction of sp³-hybridized carbons (Fsp3) is 0.308. The molecule has 0 spiro atoms. The second-order valence-corrected chi connectivity index (χ2v) is 4.10. The number of aryl methyl sites for hydroxylation is 1. The van der Waals surface area contributed by atoms with Gasteiger partial charge in [-0.15, -0.1) is 0 Å². The van der Waals surface area contributed by atoms with Crippen LogP contribution in [0.4, 0.5) is 14.6 Å². The first-order chi connectivity index (χ1) is 9.04. The average Bonchev–Trinajstić information content (AvgIpc) is 2.75. The Hall–Kier alpha value is -2.11. The van der Waals surface area contributed by atoms with Crippen molar-refractivity contribution in [3.63, 3.8) is 0 Å². The molecule has 0 aromatic carbocycles. The van der Waals surface area contributed by atoms with Crippen LogP contribution in [0.3, 0.4) is 0 Å². The van der Waals surface area contributed by atoms with E-state index < -0.39 is 6.61 Å². The summed E-state index contributed by atoms with van der Waals surface area (Å²) in [5.74, 6) is 2.35. The first-order valence-corrected chi connectivity index (χ1v) is 5.72. The van der Waals surface area contributed by atoms with Crippen LogP contribution in [0.2, 0.25) is 0 Å². The van der Waals surface area contributed by atoms with E-state index in [9.17, 15) is 8.78 Å². The van der Waals surface area contributed by atoms with E-state index in [0.717, 1.165) is 11.5 Å². The Morgan fingerprint density at radius 3 is 2.63 bits per heavy atom. The SMILES string of the molecule is Cc1ccc(CN(C)c2ccc(OC(F)F)cn2)o1. The van der Waals surface area contributed by atoms with Crippen LogP contribution in [0.15, 0.2) is 34.9 Å². The molecule has 102 valence electrons. The molecule has 0 radical (unpaired) electrons. The third-order valence-electron chi connectivity index (χ3n) is 2.53. The molecular formula is C13H14F2N2O2. The molecule has 0 unspecified atom stereocenters. The Kier molecular flexibility index (Phi) is 3.99. The van der Waals surface area contributed by atoms with Crippen molar-refractivity contribution in [2.45, 2.75) is 20.1 Å². The largest absolute Gasteiger partial charge is 0.464 e. The summed E-state index contributed by atoms with van der Waals surface area (Å²) in [4.78, 5) is 5.91. The summed E-state index contributed by atoms with van der Waals surface area (Å²) in [5.41, 5.74) is 0. The maximum Gasteiger partial charge on any atom is 0.387 e. The second kappa shape index (κ2) is 5.69. The smallest absolute Gasteiger partial charge is 0.387 e. The number of rotatable bonds is 5. The highest BCUT2D eigenvalue weighted by Crippen LogP contribution is 2.18. The molecule has 0 fully saturated rings. The van der Waals surface area contributed by atoms with Gasteiger partial charge in [-0.25, -0.2) is 4.98 Å². The molecule has 2 aromatic rings. The van der Waals surface area contributed by atoms with Gasteiger partial charge in [0, 0.05) is 7.05 Å². The van der Waals surface area contributed by atoms with Crippen molar-refractivity contribution in [2.24, 2.45) is 0 Å². The minimum atomic E-state index is -2.84. The van der Waals surface area contributed by atoms with Gasteiger partial charge in [0.1, 0.15) is 23.1 Å². The van der Waals surface area contributed by atoms with Crippen molar-refractivity contribution in [3.8, 4) is 5.75 Å². The Balaban J connectivity index is 2.01. The molecule has 0 amide bonds. The lowest BCUT2D eigenvalue weighted by molar-refractivity contribution is -0.0500. The van der Waals surface area contributed by atoms with E-state index in [-0.39, 0.29) is 5.75 Å². The number of alkyl halides is 2. The van der Waals surface area contributed by atoms with Gasteiger partial charge >= 0.3 is 6.61 Å². The molecule has 6 heteroatoms. The van der Waals surface area contributed by atoms with E-state index in [0.29, 0.717) is 12.4 Å². The molecule has 0 aliphatic rings. The lowest BCUT2D eigenvalue weighted by Gasteiger charge is -2.16. The van der Waals surface area contributed by atoms with Gasteiger partial charge in [-0.05, 0) is 31.2 Å². The zero-order valence-corrected chi connectivity index (χ0v) is 10.6. The van der Waals surface area contributed by atoms with Gasteiger partial charge < -0.3 is 14.1 Å². The molecule has 2 rings (SSSR count). The van der Waals surface area contributed by atoms with E-state index in [1.807, 2.05) is 31.0 Å². The number of pyridine rings is 1. The van der Waals surface area contributed by atoms with Crippen LogP contribution in [-0.4, -0.2) is 18.6 Å². The third-order valence-corrected chi connectivity index (χ3v) is 2.53. The number of nitrogens with zero attached hydrogens (tertiary/aromatic N) is 2. The monoisotopic (exact) mass is 268 g/mol. The Labute approximate surface area is 109 Å². The minimum absolute atomic E-state index is 0.0426. The lowest BCUT2D eigenvalue weighted by Crippen LogP contribution is -2.17. The molecular weight excluding hydrogens is 254 g/mol. The van der Waals surface area contributed by atoms with Crippen molar-refractivity contribution in [3.05, 3.63) is 42.0 Å². The molecule has 0 aliphatic heterocycles. The summed E-state index contributed by atoms with van der Waals surface area (Å²) in [6.07, 6.45) is 1.27. The van der Waals surface area contributed by atoms with Gasteiger partial charge in [-0.1, -0.05) is 0 Å². The summed E-state index contributed by atoms with van der Waals surface area (Å²) < 4.78 is 33.7. The highest BCUT2D eigenvalue weighted by atomic mass is 19.3. The van der Waals surface area contributed by atoms with Gasteiger partial charge in [0.25, 0.3) is 0 Å². The van der Waals surface area contributed by atoms with Crippen LogP contribution in [0.1, 0.15) is 11.5 Å². The maximum atomic E-state index is 12.0. The second-order valence-electron chi connectivity index (χ2n) is 4.10. The van der Waals surface area contributed by atoms with Crippen LogP contribution >= 0.6 is 0 Å². The summed E-state index contributed by atoms with van der Waals surface area (Å²) >= 11 is 0. The van der Waals surface area contributed by atoms with E-state index in [4.69, 9.17) is 4.42 Å². The van der Waals surface area contributed by atoms with Gasteiger partial charge in [-0.3, -0.25) is 0 Å². The number of aromatic nitrogens is 1. The van der Waals surface area contributed by atoms with Crippen LogP contribution in [0, 0.1) is 6.92 Å². The van der Waals surface area contributed by atoms with E-state index in [2.05, 4.69) is 9.72 Å². The lowest BCUT2D eigenvalue weighted by atomic mass is 10.3. The van der Waals surface area contributed by atoms with Gasteiger partial charge in [0.15, 0.2) is 0 Å². The summed E-state index contributed by atoms with van der Waals surface area (Å²) in [5, 5.41) is 0. The van der Waals surface area contributed by atoms with Gasteiger partial charge in [0.2, 0.25) is 0 Å². The van der Waals surface area contributed by atoms with Crippen molar-refractivity contribution < 1.29 is 17.9 Å². The van der Waals surface area contributed by atoms with Crippen LogP contribution in [0.25, 0.3) is 0 Å². The zero-order chi connectivity index (χ0) is 13.8. The Bertz CT molecular complexity index is 526. The maximum absolute atomic E-state index is 12.0. The van der Waals surface area contributed by atoms with Gasteiger partial charge in [0.05, 0.1) is 12.7 Å². The van der Waals surface area contributed by atoms with Crippen molar-refractivity contribution >= 4 is 5.82 Å². The summed E-state index contributed by atoms with van der Waals surface area (Å²) in [6.45, 7) is -0.412. The first kappa shape index (κ1) is 13.3. The normalized spacial score (nSPS) is 10.8. The number of anilines is 1. The zero-order valence-electron chi connectivity index (χ0n) is 10.6. The standard InChI is InChI=1S/C13H14F2N2O2/c1-9-3-4-11(18-9)8-17(2)12-6-5-10(7-16-12)19-13(14)15/h3-7,13H,8H2,1-2H3. The summed E-state index contributed by atoms with van der Waals surface area (Å²) in [7, 11) is 1.84. The van der Waals surface area contributed by atoms with E-state index in [1.54, 1.807) is 6.07 Å². The molecule has 19 heavy (non-hydrogen) atoms. The van der Waals surface area contributed by atoms with Crippen LogP contribution in [0.5, 0.6) is 5.75 Å². The highest BCUT2D eigenvalue weighted by molar-refractivity contribution is 5.40. The molecule has 0 saturated carbocycles. The van der Waals surface area contributed by atoms with Crippen LogP contribution in [-0.2, 0) is 6.54 Å². The molecule has 0 aliphatic carbocycles. The fourth-order valence-corrected chi connectivity index (χ4v) is 1.66. The number of ether oxygens (including phenoxy) is 1. The molecule has 0 N–H and O–H groups in total. The van der Waals surface area contributed by atoms with Crippen LogP contribution < -0.4 is 9.64 Å². The molecule has 0 atom stereocenters. The Morgan fingerprint density at radius 1 is 1.32 bits per heavy atom. The molecule has 2 heterocycles. The van der Waals surface area contributed by atoms with Crippen molar-refractivity contribution in [1.82, 2.24) is 4.98 Å². The quantitative estimate of drug-likeness (QED) is 0.834. The summed E-state index contributed by atoms with van der Waals surface area (Å²) in [6, 6.07) is 6.85. The molecule has 0 bridgehead atoms. The average molecular weight is 268 g/mol. The minimum Gasteiger partial charge on any atom is -0.464 e. The predicted octanol–water partition coefficient (Wildman–Crippen LogP) is 3.22.